The summed E-state index contributed by atoms with van der Waals surface area (Å²) in [6, 6.07) is 5.00. The fourth-order valence-electron chi connectivity index (χ4n) is 1.51. The molecule has 1 saturated carbocycles. The van der Waals surface area contributed by atoms with Gasteiger partial charge in [-0.05, 0) is 40.9 Å². The Morgan fingerprint density at radius 3 is 2.88 bits per heavy atom. The van der Waals surface area contributed by atoms with Gasteiger partial charge in [0.15, 0.2) is 0 Å². The van der Waals surface area contributed by atoms with Crippen molar-refractivity contribution in [2.45, 2.75) is 18.8 Å². The highest BCUT2D eigenvalue weighted by Crippen LogP contribution is 2.40. The van der Waals surface area contributed by atoms with Crippen molar-refractivity contribution in [2.75, 3.05) is 0 Å². The maximum Gasteiger partial charge on any atom is 0.250 e. The van der Waals surface area contributed by atoms with E-state index in [-0.39, 0.29) is 11.7 Å². The maximum absolute atomic E-state index is 13.7. The second-order valence-corrected chi connectivity index (χ2v) is 4.68. The summed E-state index contributed by atoms with van der Waals surface area (Å²) in [5.41, 5.74) is 0.341. The SMILES string of the molecule is Fc1c(Br)cccc1-c1nnc(C2CC2)o1. The van der Waals surface area contributed by atoms with Gasteiger partial charge in [-0.2, -0.15) is 0 Å². The Hall–Kier alpha value is -1.23. The van der Waals surface area contributed by atoms with Crippen molar-refractivity contribution in [2.24, 2.45) is 0 Å². The van der Waals surface area contributed by atoms with Crippen LogP contribution in [0.3, 0.4) is 0 Å². The van der Waals surface area contributed by atoms with Gasteiger partial charge in [0.1, 0.15) is 5.82 Å². The van der Waals surface area contributed by atoms with Gasteiger partial charge in [0, 0.05) is 5.92 Å². The van der Waals surface area contributed by atoms with Crippen LogP contribution in [-0.4, -0.2) is 10.2 Å². The highest BCUT2D eigenvalue weighted by Gasteiger charge is 2.29. The molecule has 0 bridgehead atoms. The zero-order chi connectivity index (χ0) is 11.1. The molecule has 0 unspecified atom stereocenters. The predicted molar refractivity (Wildman–Crippen MR) is 59.4 cm³/mol. The van der Waals surface area contributed by atoms with E-state index in [9.17, 15) is 4.39 Å². The van der Waals surface area contributed by atoms with Crippen molar-refractivity contribution >= 4 is 15.9 Å². The normalized spacial score (nSPS) is 15.4. The molecule has 0 atom stereocenters. The number of aromatic nitrogens is 2. The predicted octanol–water partition coefficient (Wildman–Crippen LogP) is 3.52. The molecule has 1 aliphatic carbocycles. The van der Waals surface area contributed by atoms with Gasteiger partial charge in [-0.1, -0.05) is 6.07 Å². The molecule has 1 fully saturated rings. The standard InChI is InChI=1S/C11H8BrFN2O/c12-8-3-1-2-7(9(8)13)11-15-14-10(16-11)6-4-5-6/h1-3,6H,4-5H2. The third-order valence-electron chi connectivity index (χ3n) is 2.55. The topological polar surface area (TPSA) is 38.9 Å². The lowest BCUT2D eigenvalue weighted by Crippen LogP contribution is -1.85. The van der Waals surface area contributed by atoms with Crippen LogP contribution >= 0.6 is 15.9 Å². The fourth-order valence-corrected chi connectivity index (χ4v) is 1.87. The molecule has 1 aromatic carbocycles. The monoisotopic (exact) mass is 282 g/mol. The summed E-state index contributed by atoms with van der Waals surface area (Å²) in [6.45, 7) is 0. The van der Waals surface area contributed by atoms with E-state index in [1.165, 1.54) is 0 Å². The molecule has 1 aliphatic rings. The first kappa shape index (κ1) is 9.96. The van der Waals surface area contributed by atoms with E-state index in [1.807, 2.05) is 0 Å². The Bertz CT molecular complexity index is 537. The van der Waals surface area contributed by atoms with Crippen molar-refractivity contribution in [3.8, 4) is 11.5 Å². The van der Waals surface area contributed by atoms with Gasteiger partial charge in [0.25, 0.3) is 5.89 Å². The Morgan fingerprint density at radius 2 is 2.12 bits per heavy atom. The number of rotatable bonds is 2. The molecule has 1 aromatic heterocycles. The molecular formula is C11H8BrFN2O. The second-order valence-electron chi connectivity index (χ2n) is 3.82. The first-order valence-corrected chi connectivity index (χ1v) is 5.83. The van der Waals surface area contributed by atoms with Crippen LogP contribution in [0.4, 0.5) is 4.39 Å². The lowest BCUT2D eigenvalue weighted by molar-refractivity contribution is 0.503. The zero-order valence-electron chi connectivity index (χ0n) is 8.28. The summed E-state index contributed by atoms with van der Waals surface area (Å²) in [4.78, 5) is 0. The van der Waals surface area contributed by atoms with Crippen molar-refractivity contribution < 1.29 is 8.81 Å². The van der Waals surface area contributed by atoms with Gasteiger partial charge in [-0.25, -0.2) is 4.39 Å². The van der Waals surface area contributed by atoms with Crippen LogP contribution in [0, 0.1) is 5.82 Å². The van der Waals surface area contributed by atoms with Gasteiger partial charge >= 0.3 is 0 Å². The lowest BCUT2D eigenvalue weighted by atomic mass is 10.2. The summed E-state index contributed by atoms with van der Waals surface area (Å²) >= 11 is 3.13. The maximum atomic E-state index is 13.7. The van der Waals surface area contributed by atoms with E-state index in [4.69, 9.17) is 4.42 Å². The Morgan fingerprint density at radius 1 is 1.31 bits per heavy atom. The smallest absolute Gasteiger partial charge is 0.250 e. The molecule has 1 heterocycles. The Labute approximate surface area is 99.8 Å². The quantitative estimate of drug-likeness (QED) is 0.846. The Kier molecular flexibility index (Phi) is 2.28. The molecule has 2 aromatic rings. The molecule has 16 heavy (non-hydrogen) atoms. The molecule has 82 valence electrons. The summed E-state index contributed by atoms with van der Waals surface area (Å²) in [5, 5.41) is 7.80. The largest absolute Gasteiger partial charge is 0.420 e. The van der Waals surface area contributed by atoms with Gasteiger partial charge < -0.3 is 4.42 Å². The third kappa shape index (κ3) is 1.65. The summed E-state index contributed by atoms with van der Waals surface area (Å²) in [7, 11) is 0. The number of benzene rings is 1. The number of hydrogen-bond donors (Lipinski definition) is 0. The average molecular weight is 283 g/mol. The summed E-state index contributed by atoms with van der Waals surface area (Å²) < 4.78 is 19.6. The van der Waals surface area contributed by atoms with E-state index in [1.54, 1.807) is 18.2 Å². The van der Waals surface area contributed by atoms with Crippen molar-refractivity contribution in [1.29, 1.82) is 0 Å². The molecule has 5 heteroatoms. The van der Waals surface area contributed by atoms with Crippen LogP contribution in [0.5, 0.6) is 0 Å². The van der Waals surface area contributed by atoms with E-state index in [0.29, 0.717) is 21.8 Å². The van der Waals surface area contributed by atoms with E-state index in [2.05, 4.69) is 26.1 Å². The van der Waals surface area contributed by atoms with E-state index >= 15 is 0 Å². The van der Waals surface area contributed by atoms with E-state index in [0.717, 1.165) is 12.8 Å². The number of halogens is 2. The molecule has 0 N–H and O–H groups in total. The molecule has 0 aliphatic heterocycles. The molecular weight excluding hydrogens is 275 g/mol. The van der Waals surface area contributed by atoms with Crippen LogP contribution in [0.2, 0.25) is 0 Å². The lowest BCUT2D eigenvalue weighted by Gasteiger charge is -1.98. The second kappa shape index (κ2) is 3.66. The molecule has 0 radical (unpaired) electrons. The van der Waals surface area contributed by atoms with Crippen LogP contribution < -0.4 is 0 Å². The van der Waals surface area contributed by atoms with Gasteiger partial charge in [-0.15, -0.1) is 10.2 Å². The average Bonchev–Trinajstić information content (AvgIpc) is 3.02. The Balaban J connectivity index is 2.03. The fraction of sp³-hybridized carbons (Fsp3) is 0.273. The van der Waals surface area contributed by atoms with E-state index < -0.39 is 0 Å². The van der Waals surface area contributed by atoms with Crippen molar-refractivity contribution in [1.82, 2.24) is 10.2 Å². The zero-order valence-corrected chi connectivity index (χ0v) is 9.87. The van der Waals surface area contributed by atoms with Gasteiger partial charge in [0.05, 0.1) is 10.0 Å². The summed E-state index contributed by atoms with van der Waals surface area (Å²) in [5.74, 6) is 0.889. The van der Waals surface area contributed by atoms with Gasteiger partial charge in [0.2, 0.25) is 5.89 Å². The molecule has 0 saturated heterocycles. The minimum atomic E-state index is -0.367. The highest BCUT2D eigenvalue weighted by atomic mass is 79.9. The summed E-state index contributed by atoms with van der Waals surface area (Å²) in [6.07, 6.45) is 2.17. The first-order chi connectivity index (χ1) is 7.75. The minimum Gasteiger partial charge on any atom is -0.420 e. The van der Waals surface area contributed by atoms with Crippen molar-refractivity contribution in [3.05, 3.63) is 34.4 Å². The highest BCUT2D eigenvalue weighted by molar-refractivity contribution is 9.10. The van der Waals surface area contributed by atoms with Gasteiger partial charge in [-0.3, -0.25) is 0 Å². The number of nitrogens with zero attached hydrogens (tertiary/aromatic N) is 2. The van der Waals surface area contributed by atoms with Crippen LogP contribution in [0.15, 0.2) is 27.1 Å². The van der Waals surface area contributed by atoms with Crippen LogP contribution in [-0.2, 0) is 0 Å². The van der Waals surface area contributed by atoms with Crippen LogP contribution in [0.25, 0.3) is 11.5 Å². The molecule has 0 amide bonds. The number of hydrogen-bond acceptors (Lipinski definition) is 3. The first-order valence-electron chi connectivity index (χ1n) is 5.03. The molecule has 3 rings (SSSR count). The van der Waals surface area contributed by atoms with Crippen molar-refractivity contribution in [3.63, 3.8) is 0 Å². The minimum absolute atomic E-state index is 0.251. The molecule has 3 nitrogen and oxygen atoms in total. The third-order valence-corrected chi connectivity index (χ3v) is 3.16. The molecule has 0 spiro atoms. The van der Waals surface area contributed by atoms with Crippen LogP contribution in [0.1, 0.15) is 24.7 Å².